The highest BCUT2D eigenvalue weighted by Crippen LogP contribution is 2.32. The topological polar surface area (TPSA) is 18.5 Å². The molecule has 0 unspecified atom stereocenters. The average molecular weight is 332 g/mol. The second-order valence-corrected chi connectivity index (χ2v) is 9.87. The van der Waals surface area contributed by atoms with Gasteiger partial charge in [-0.2, -0.15) is 0 Å². The molecule has 0 aliphatic carbocycles. The molecule has 2 nitrogen and oxygen atoms in total. The average Bonchev–Trinajstić information content (AvgIpc) is 2.57. The molecule has 0 bridgehead atoms. The summed E-state index contributed by atoms with van der Waals surface area (Å²) < 4.78 is 11.5. The van der Waals surface area contributed by atoms with Crippen molar-refractivity contribution in [1.29, 1.82) is 0 Å². The first-order chi connectivity index (χ1) is 10.8. The Morgan fingerprint density at radius 3 is 1.68 bits per heavy atom. The Morgan fingerprint density at radius 1 is 0.818 bits per heavy atom. The lowest BCUT2D eigenvalue weighted by atomic mass is 10.4. The Balaban J connectivity index is 2.12. The molecule has 0 aliphatic rings. The molecule has 0 saturated heterocycles. The van der Waals surface area contributed by atoms with E-state index in [2.05, 4.69) is 60.7 Å². The molecule has 118 valence electrons. The van der Waals surface area contributed by atoms with Gasteiger partial charge in [0.15, 0.2) is 0 Å². The van der Waals surface area contributed by atoms with E-state index in [4.69, 9.17) is 9.47 Å². The van der Waals surface area contributed by atoms with E-state index in [0.717, 1.165) is 13.2 Å². The van der Waals surface area contributed by atoms with Crippen molar-refractivity contribution in [1.82, 2.24) is 0 Å². The van der Waals surface area contributed by atoms with Crippen LogP contribution in [0.3, 0.4) is 0 Å². The van der Waals surface area contributed by atoms with Gasteiger partial charge < -0.3 is 9.47 Å². The summed E-state index contributed by atoms with van der Waals surface area (Å²) in [6.07, 6.45) is 0. The van der Waals surface area contributed by atoms with Gasteiger partial charge in [0.2, 0.25) is 0 Å². The zero-order valence-corrected chi connectivity index (χ0v) is 15.8. The van der Waals surface area contributed by atoms with Gasteiger partial charge in [-0.05, 0) is 38.2 Å². The van der Waals surface area contributed by atoms with Crippen LogP contribution in [0.5, 0.6) is 0 Å². The van der Waals surface area contributed by atoms with Crippen molar-refractivity contribution in [3.8, 4) is 0 Å². The minimum atomic E-state index is -0.447. The summed E-state index contributed by atoms with van der Waals surface area (Å²) in [7, 11) is -0.751. The second kappa shape index (κ2) is 9.91. The van der Waals surface area contributed by atoms with E-state index in [1.165, 1.54) is 16.4 Å². The first-order valence-corrected chi connectivity index (χ1v) is 11.3. The molecule has 0 heterocycles. The van der Waals surface area contributed by atoms with Crippen LogP contribution in [0.25, 0.3) is 0 Å². The molecule has 0 spiro atoms. The van der Waals surface area contributed by atoms with Crippen molar-refractivity contribution in [2.75, 3.05) is 19.0 Å². The lowest BCUT2D eigenvalue weighted by molar-refractivity contribution is -0.0823. The van der Waals surface area contributed by atoms with E-state index in [1.807, 2.05) is 13.8 Å². The standard InChI is InChI=1S/C18H25O2PSi/c1-3-19-18(20-4-2)22-15-21(16-11-7-5-8-12-16)17-13-9-6-10-14-17/h5-14,18H,3-4,15,22H2,1-2H3. The van der Waals surface area contributed by atoms with Crippen LogP contribution in [0.15, 0.2) is 60.7 Å². The molecule has 0 saturated carbocycles. The van der Waals surface area contributed by atoms with Crippen LogP contribution in [0.4, 0.5) is 0 Å². The van der Waals surface area contributed by atoms with Crippen LogP contribution in [-0.4, -0.2) is 34.4 Å². The molecule has 0 N–H and O–H groups in total. The Hall–Kier alpha value is -0.993. The molecule has 4 heteroatoms. The summed E-state index contributed by atoms with van der Waals surface area (Å²) in [5, 5.41) is 2.89. The Bertz CT molecular complexity index is 476. The highest BCUT2D eigenvalue weighted by Gasteiger charge is 2.17. The highest BCUT2D eigenvalue weighted by atomic mass is 31.1. The lowest BCUT2D eigenvalue weighted by Crippen LogP contribution is -2.29. The summed E-state index contributed by atoms with van der Waals surface area (Å²) in [5.74, 6) is 1.26. The fraction of sp³-hybridized carbons (Fsp3) is 0.333. The molecule has 0 aromatic heterocycles. The minimum Gasteiger partial charge on any atom is -0.357 e. The highest BCUT2D eigenvalue weighted by molar-refractivity contribution is 7.74. The van der Waals surface area contributed by atoms with Gasteiger partial charge in [-0.1, -0.05) is 60.7 Å². The van der Waals surface area contributed by atoms with Gasteiger partial charge in [0.25, 0.3) is 0 Å². The van der Waals surface area contributed by atoms with Crippen molar-refractivity contribution < 1.29 is 9.47 Å². The van der Waals surface area contributed by atoms with E-state index >= 15 is 0 Å². The van der Waals surface area contributed by atoms with Crippen LogP contribution in [0.1, 0.15) is 13.8 Å². The third-order valence-corrected chi connectivity index (χ3v) is 9.04. The minimum absolute atomic E-state index is 0.0485. The molecular formula is C18H25O2PSi. The van der Waals surface area contributed by atoms with Crippen LogP contribution in [0.2, 0.25) is 0 Å². The predicted molar refractivity (Wildman–Crippen MR) is 99.5 cm³/mol. The summed E-state index contributed by atoms with van der Waals surface area (Å²) >= 11 is 0. The fourth-order valence-corrected chi connectivity index (χ4v) is 8.55. The summed E-state index contributed by atoms with van der Waals surface area (Å²) in [4.78, 5) is 0. The van der Waals surface area contributed by atoms with Crippen LogP contribution >= 0.6 is 7.92 Å². The Morgan fingerprint density at radius 2 is 1.27 bits per heavy atom. The van der Waals surface area contributed by atoms with Gasteiger partial charge in [-0.25, -0.2) is 0 Å². The zero-order chi connectivity index (χ0) is 15.6. The lowest BCUT2D eigenvalue weighted by Gasteiger charge is -2.22. The molecule has 0 atom stereocenters. The summed E-state index contributed by atoms with van der Waals surface area (Å²) in [6.45, 7) is 5.54. The van der Waals surface area contributed by atoms with Gasteiger partial charge in [0.05, 0.1) is 9.52 Å². The second-order valence-electron chi connectivity index (χ2n) is 4.95. The van der Waals surface area contributed by atoms with Gasteiger partial charge in [-0.15, -0.1) is 0 Å². The zero-order valence-electron chi connectivity index (χ0n) is 13.4. The SMILES string of the molecule is CCOC(OCC)[SiH2]CP(c1ccccc1)c1ccccc1. The quantitative estimate of drug-likeness (QED) is 0.399. The van der Waals surface area contributed by atoms with Crippen LogP contribution < -0.4 is 10.6 Å². The van der Waals surface area contributed by atoms with Crippen molar-refractivity contribution in [2.45, 2.75) is 19.8 Å². The maximum Gasteiger partial charge on any atom is 0.135 e. The molecule has 0 radical (unpaired) electrons. The molecule has 2 aromatic carbocycles. The molecule has 0 amide bonds. The summed E-state index contributed by atoms with van der Waals surface area (Å²) in [6, 6.07) is 21.7. The van der Waals surface area contributed by atoms with E-state index < -0.39 is 9.52 Å². The van der Waals surface area contributed by atoms with Gasteiger partial charge in [0, 0.05) is 13.2 Å². The van der Waals surface area contributed by atoms with Crippen molar-refractivity contribution in [2.24, 2.45) is 0 Å². The fourth-order valence-electron chi connectivity index (χ4n) is 2.44. The van der Waals surface area contributed by atoms with Gasteiger partial charge >= 0.3 is 0 Å². The third kappa shape index (κ3) is 5.33. The normalized spacial score (nSPS) is 11.8. The molecular weight excluding hydrogens is 307 g/mol. The van der Waals surface area contributed by atoms with Gasteiger partial charge in [0.1, 0.15) is 5.91 Å². The Labute approximate surface area is 137 Å². The number of hydrogen-bond donors (Lipinski definition) is 0. The molecule has 0 aliphatic heterocycles. The van der Waals surface area contributed by atoms with Crippen molar-refractivity contribution in [3.63, 3.8) is 0 Å². The first kappa shape index (κ1) is 17.4. The molecule has 2 rings (SSSR count). The first-order valence-electron chi connectivity index (χ1n) is 7.96. The van der Waals surface area contributed by atoms with E-state index in [-0.39, 0.29) is 13.8 Å². The molecule has 22 heavy (non-hydrogen) atoms. The number of ether oxygens (including phenoxy) is 2. The maximum absolute atomic E-state index is 5.75. The Kier molecular flexibility index (Phi) is 7.82. The number of benzene rings is 2. The van der Waals surface area contributed by atoms with E-state index in [0.29, 0.717) is 0 Å². The van der Waals surface area contributed by atoms with Crippen LogP contribution in [0, 0.1) is 0 Å². The maximum atomic E-state index is 5.75. The predicted octanol–water partition coefficient (Wildman–Crippen LogP) is 2.60. The van der Waals surface area contributed by atoms with E-state index in [1.54, 1.807) is 0 Å². The van der Waals surface area contributed by atoms with Crippen molar-refractivity contribution >= 4 is 28.1 Å². The third-order valence-electron chi connectivity index (χ3n) is 3.43. The number of hydrogen-bond acceptors (Lipinski definition) is 2. The monoisotopic (exact) mass is 332 g/mol. The van der Waals surface area contributed by atoms with Crippen LogP contribution in [-0.2, 0) is 9.47 Å². The smallest absolute Gasteiger partial charge is 0.135 e. The van der Waals surface area contributed by atoms with E-state index in [9.17, 15) is 0 Å². The largest absolute Gasteiger partial charge is 0.357 e. The number of rotatable bonds is 9. The molecule has 2 aromatic rings. The summed E-state index contributed by atoms with van der Waals surface area (Å²) in [5.41, 5.74) is 0. The van der Waals surface area contributed by atoms with Gasteiger partial charge in [-0.3, -0.25) is 0 Å². The van der Waals surface area contributed by atoms with Crippen molar-refractivity contribution in [3.05, 3.63) is 60.7 Å². The molecule has 0 fully saturated rings.